The van der Waals surface area contributed by atoms with Crippen molar-refractivity contribution in [2.45, 2.75) is 0 Å². The van der Waals surface area contributed by atoms with Gasteiger partial charge in [0.25, 0.3) is 11.6 Å². The van der Waals surface area contributed by atoms with Gasteiger partial charge in [-0.05, 0) is 6.07 Å². The minimum atomic E-state index is -0.694. The van der Waals surface area contributed by atoms with Crippen molar-refractivity contribution < 1.29 is 9.72 Å². The molecular weight excluding hydrogens is 269 g/mol. The minimum Gasteiger partial charge on any atom is -0.285 e. The molecule has 1 aromatic carbocycles. The van der Waals surface area contributed by atoms with Gasteiger partial charge < -0.3 is 0 Å². The van der Waals surface area contributed by atoms with Crippen molar-refractivity contribution in [1.29, 1.82) is 0 Å². The number of nitrogens with zero attached hydrogens (tertiary/aromatic N) is 2. The molecule has 0 saturated heterocycles. The molecule has 0 bridgehead atoms. The SMILES string of the molecule is CN(C)NC(=O)c1cc(Cl)c(Cl)c([N+](=O)[O-])c1. The average molecular weight is 278 g/mol. The van der Waals surface area contributed by atoms with E-state index in [-0.39, 0.29) is 15.6 Å². The van der Waals surface area contributed by atoms with Crippen molar-refractivity contribution in [3.8, 4) is 0 Å². The van der Waals surface area contributed by atoms with Crippen LogP contribution in [0.25, 0.3) is 0 Å². The Morgan fingerprint density at radius 1 is 1.41 bits per heavy atom. The second-order valence-electron chi connectivity index (χ2n) is 3.38. The molecule has 1 rings (SSSR count). The van der Waals surface area contributed by atoms with Crippen molar-refractivity contribution in [3.63, 3.8) is 0 Å². The first-order valence-electron chi connectivity index (χ1n) is 4.44. The van der Waals surface area contributed by atoms with Gasteiger partial charge in [0.1, 0.15) is 5.02 Å². The summed E-state index contributed by atoms with van der Waals surface area (Å²) in [6.07, 6.45) is 0. The largest absolute Gasteiger partial charge is 0.290 e. The van der Waals surface area contributed by atoms with Crippen LogP contribution in [0, 0.1) is 10.1 Å². The third kappa shape index (κ3) is 3.29. The molecule has 1 aromatic rings. The van der Waals surface area contributed by atoms with Gasteiger partial charge in [-0.25, -0.2) is 5.01 Å². The Morgan fingerprint density at radius 2 is 2.00 bits per heavy atom. The third-order valence-corrected chi connectivity index (χ3v) is 2.59. The summed E-state index contributed by atoms with van der Waals surface area (Å²) in [6, 6.07) is 2.35. The lowest BCUT2D eigenvalue weighted by atomic mass is 10.2. The first kappa shape index (κ1) is 13.7. The van der Waals surface area contributed by atoms with Gasteiger partial charge in [-0.2, -0.15) is 0 Å². The van der Waals surface area contributed by atoms with Gasteiger partial charge in [-0.15, -0.1) is 0 Å². The Morgan fingerprint density at radius 3 is 2.47 bits per heavy atom. The fraction of sp³-hybridized carbons (Fsp3) is 0.222. The zero-order valence-electron chi connectivity index (χ0n) is 9.03. The molecule has 0 aliphatic heterocycles. The second-order valence-corrected chi connectivity index (χ2v) is 4.17. The summed E-state index contributed by atoms with van der Waals surface area (Å²) in [6.45, 7) is 0. The number of hydrogen-bond acceptors (Lipinski definition) is 4. The molecule has 6 nitrogen and oxygen atoms in total. The molecule has 0 aliphatic rings. The zero-order chi connectivity index (χ0) is 13.2. The van der Waals surface area contributed by atoms with E-state index in [9.17, 15) is 14.9 Å². The van der Waals surface area contributed by atoms with Crippen molar-refractivity contribution in [2.24, 2.45) is 0 Å². The number of carbonyl (C=O) groups is 1. The van der Waals surface area contributed by atoms with E-state index in [1.54, 1.807) is 14.1 Å². The maximum atomic E-state index is 11.6. The molecule has 0 atom stereocenters. The van der Waals surface area contributed by atoms with Gasteiger partial charge in [0.15, 0.2) is 0 Å². The summed E-state index contributed by atoms with van der Waals surface area (Å²) in [5.41, 5.74) is 2.11. The molecule has 92 valence electrons. The summed E-state index contributed by atoms with van der Waals surface area (Å²) >= 11 is 11.4. The van der Waals surface area contributed by atoms with E-state index in [0.717, 1.165) is 6.07 Å². The van der Waals surface area contributed by atoms with Gasteiger partial charge in [0.2, 0.25) is 0 Å². The van der Waals surface area contributed by atoms with Gasteiger partial charge >= 0.3 is 0 Å². The van der Waals surface area contributed by atoms with Crippen LogP contribution in [0.5, 0.6) is 0 Å². The smallest absolute Gasteiger partial charge is 0.285 e. The molecule has 0 heterocycles. The molecule has 8 heteroatoms. The van der Waals surface area contributed by atoms with Crippen LogP contribution in [0.2, 0.25) is 10.0 Å². The zero-order valence-corrected chi connectivity index (χ0v) is 10.5. The van der Waals surface area contributed by atoms with E-state index in [1.807, 2.05) is 0 Å². The topological polar surface area (TPSA) is 75.5 Å². The number of nitro benzene ring substituents is 1. The lowest BCUT2D eigenvalue weighted by Crippen LogP contribution is -2.36. The molecule has 0 unspecified atom stereocenters. The Balaban J connectivity index is 3.19. The van der Waals surface area contributed by atoms with Gasteiger partial charge in [-0.1, -0.05) is 23.2 Å². The maximum Gasteiger partial charge on any atom is 0.290 e. The Bertz CT molecular complexity index is 477. The number of hydrazine groups is 1. The van der Waals surface area contributed by atoms with Gasteiger partial charge in [0.05, 0.1) is 9.95 Å². The maximum absolute atomic E-state index is 11.6. The molecule has 17 heavy (non-hydrogen) atoms. The highest BCUT2D eigenvalue weighted by Gasteiger charge is 2.20. The van der Waals surface area contributed by atoms with Crippen molar-refractivity contribution in [1.82, 2.24) is 10.4 Å². The van der Waals surface area contributed by atoms with E-state index < -0.39 is 16.5 Å². The third-order valence-electron chi connectivity index (χ3n) is 1.79. The molecule has 0 spiro atoms. The number of carbonyl (C=O) groups excluding carboxylic acids is 1. The Labute approximate surface area is 107 Å². The van der Waals surface area contributed by atoms with Crippen LogP contribution in [0.3, 0.4) is 0 Å². The molecular formula is C9H9Cl2N3O3. The summed E-state index contributed by atoms with van der Waals surface area (Å²) in [4.78, 5) is 21.6. The van der Waals surface area contributed by atoms with Crippen LogP contribution in [0.15, 0.2) is 12.1 Å². The van der Waals surface area contributed by atoms with E-state index in [1.165, 1.54) is 11.1 Å². The van der Waals surface area contributed by atoms with Crippen LogP contribution in [0.1, 0.15) is 10.4 Å². The molecule has 0 aliphatic carbocycles. The predicted molar refractivity (Wildman–Crippen MR) is 64.3 cm³/mol. The van der Waals surface area contributed by atoms with Crippen LogP contribution < -0.4 is 5.43 Å². The number of benzene rings is 1. The van der Waals surface area contributed by atoms with E-state index in [4.69, 9.17) is 23.2 Å². The van der Waals surface area contributed by atoms with E-state index in [2.05, 4.69) is 5.43 Å². The quantitative estimate of drug-likeness (QED) is 0.678. The summed E-state index contributed by atoms with van der Waals surface area (Å²) in [5.74, 6) is -0.503. The monoisotopic (exact) mass is 277 g/mol. The summed E-state index contributed by atoms with van der Waals surface area (Å²) in [5, 5.41) is 11.9. The predicted octanol–water partition coefficient (Wildman–Crippen LogP) is 2.11. The Hall–Kier alpha value is -1.37. The lowest BCUT2D eigenvalue weighted by Gasteiger charge is -2.12. The van der Waals surface area contributed by atoms with Crippen molar-refractivity contribution >= 4 is 34.8 Å². The average Bonchev–Trinajstić information content (AvgIpc) is 2.20. The highest BCUT2D eigenvalue weighted by Crippen LogP contribution is 2.32. The lowest BCUT2D eigenvalue weighted by molar-refractivity contribution is -0.384. The molecule has 0 fully saturated rings. The highest BCUT2D eigenvalue weighted by atomic mass is 35.5. The number of amides is 1. The molecule has 0 saturated carbocycles. The number of rotatable bonds is 3. The van der Waals surface area contributed by atoms with Crippen LogP contribution in [-0.2, 0) is 0 Å². The Kier molecular flexibility index (Phi) is 4.28. The number of halogens is 2. The number of hydrogen-bond donors (Lipinski definition) is 1. The van der Waals surface area contributed by atoms with E-state index in [0.29, 0.717) is 0 Å². The van der Waals surface area contributed by atoms with Gasteiger partial charge in [-0.3, -0.25) is 20.3 Å². The van der Waals surface area contributed by atoms with Crippen LogP contribution in [0.4, 0.5) is 5.69 Å². The minimum absolute atomic E-state index is 0.0372. The number of nitro groups is 1. The second kappa shape index (κ2) is 5.31. The number of nitrogens with one attached hydrogen (secondary N) is 1. The van der Waals surface area contributed by atoms with Crippen LogP contribution >= 0.6 is 23.2 Å². The fourth-order valence-corrected chi connectivity index (χ4v) is 1.50. The van der Waals surface area contributed by atoms with Crippen LogP contribution in [-0.4, -0.2) is 29.9 Å². The molecule has 1 amide bonds. The first-order valence-corrected chi connectivity index (χ1v) is 5.20. The van der Waals surface area contributed by atoms with E-state index >= 15 is 0 Å². The summed E-state index contributed by atoms with van der Waals surface area (Å²) in [7, 11) is 3.23. The highest BCUT2D eigenvalue weighted by molar-refractivity contribution is 6.43. The fourth-order valence-electron chi connectivity index (χ4n) is 1.11. The normalized spacial score (nSPS) is 10.4. The first-order chi connectivity index (χ1) is 7.82. The molecule has 0 aromatic heterocycles. The molecule has 0 radical (unpaired) electrons. The van der Waals surface area contributed by atoms with Gasteiger partial charge in [0, 0.05) is 25.7 Å². The van der Waals surface area contributed by atoms with Crippen molar-refractivity contribution in [2.75, 3.05) is 14.1 Å². The standard InChI is InChI=1S/C9H9Cl2N3O3/c1-13(2)12-9(15)5-3-6(10)8(11)7(4-5)14(16)17/h3-4H,1-2H3,(H,12,15). The molecule has 1 N–H and O–H groups in total. The van der Waals surface area contributed by atoms with Crippen molar-refractivity contribution in [3.05, 3.63) is 37.9 Å². The summed E-state index contributed by atoms with van der Waals surface area (Å²) < 4.78 is 0.